The molecule has 4 aromatic rings. The summed E-state index contributed by atoms with van der Waals surface area (Å²) in [4.78, 5) is 53.2. The lowest BCUT2D eigenvalue weighted by Crippen LogP contribution is -2.65. The van der Waals surface area contributed by atoms with Crippen molar-refractivity contribution in [3.8, 4) is 5.75 Å². The van der Waals surface area contributed by atoms with Crippen LogP contribution in [0.3, 0.4) is 0 Å². The number of aromatic nitrogens is 1. The fourth-order valence-electron chi connectivity index (χ4n) is 5.47. The SMILES string of the molecule is O=C(NCCCCNC[C@H](O)c1ccc(O)c2[nH]c(=O)ccc12)c1ccc(C(=O)N2CC(C(=O)O)(c3ccccc3)C2)cc1. The van der Waals surface area contributed by atoms with E-state index in [1.54, 1.807) is 60.7 Å². The van der Waals surface area contributed by atoms with E-state index < -0.39 is 17.5 Å². The molecule has 0 saturated carbocycles. The van der Waals surface area contributed by atoms with Gasteiger partial charge in [-0.15, -0.1) is 0 Å². The number of aliphatic carboxylic acids is 1. The van der Waals surface area contributed by atoms with Crippen LogP contribution in [0.4, 0.5) is 0 Å². The summed E-state index contributed by atoms with van der Waals surface area (Å²) in [5.74, 6) is -1.57. The molecule has 2 heterocycles. The fourth-order valence-corrected chi connectivity index (χ4v) is 5.47. The molecule has 5 rings (SSSR count). The number of nitrogens with one attached hydrogen (secondary N) is 3. The summed E-state index contributed by atoms with van der Waals surface area (Å²) >= 11 is 0. The molecule has 3 aromatic carbocycles. The lowest BCUT2D eigenvalue weighted by atomic mass is 9.73. The lowest BCUT2D eigenvalue weighted by molar-refractivity contribution is -0.149. The number of unbranched alkanes of at least 4 members (excludes halogenated alkanes) is 1. The first-order valence-corrected chi connectivity index (χ1v) is 14.4. The number of fused-ring (bicyclic) bond motifs is 1. The second-order valence-corrected chi connectivity index (χ2v) is 11.0. The fraction of sp³-hybridized carbons (Fsp3) is 0.273. The standard InChI is InChI=1S/C33H34N4O7/c38-26-14-12-24(25-13-15-28(40)36-29(25)26)27(39)18-34-16-4-5-17-35-30(41)21-8-10-22(11-9-21)31(42)37-19-33(20-37,32(43)44)23-6-2-1-3-7-23/h1-3,6-15,27,34,38-39H,4-5,16-20H2,(H,35,41)(H,36,40)(H,43,44)/t27-/m0/s1. The molecule has 1 aliphatic rings. The molecule has 1 aliphatic heterocycles. The third-order valence-electron chi connectivity index (χ3n) is 8.01. The highest BCUT2D eigenvalue weighted by Gasteiger charge is 2.52. The minimum absolute atomic E-state index is 0.0625. The molecule has 1 atom stereocenters. The van der Waals surface area contributed by atoms with Crippen molar-refractivity contribution in [2.24, 2.45) is 0 Å². The molecular formula is C33H34N4O7. The average molecular weight is 599 g/mol. The molecule has 0 radical (unpaired) electrons. The number of benzene rings is 3. The summed E-state index contributed by atoms with van der Waals surface area (Å²) in [6.07, 6.45) is 0.611. The number of carbonyl (C=O) groups excluding carboxylic acids is 2. The van der Waals surface area contributed by atoms with Gasteiger partial charge >= 0.3 is 5.97 Å². The third-order valence-corrected chi connectivity index (χ3v) is 8.01. The maximum absolute atomic E-state index is 12.9. The van der Waals surface area contributed by atoms with E-state index in [0.717, 1.165) is 6.42 Å². The van der Waals surface area contributed by atoms with Crippen molar-refractivity contribution in [1.29, 1.82) is 0 Å². The number of H-pyrrole nitrogens is 1. The number of phenols is 1. The van der Waals surface area contributed by atoms with Crippen LogP contribution in [0.1, 0.15) is 50.8 Å². The van der Waals surface area contributed by atoms with Crippen LogP contribution in [0.15, 0.2) is 83.7 Å². The highest BCUT2D eigenvalue weighted by Crippen LogP contribution is 2.36. The Morgan fingerprint density at radius 3 is 2.27 bits per heavy atom. The van der Waals surface area contributed by atoms with Crippen LogP contribution in [0.5, 0.6) is 5.75 Å². The first-order valence-electron chi connectivity index (χ1n) is 14.4. The number of aliphatic hydroxyl groups is 1. The van der Waals surface area contributed by atoms with Crippen LogP contribution < -0.4 is 16.2 Å². The zero-order chi connectivity index (χ0) is 31.3. The van der Waals surface area contributed by atoms with Gasteiger partial charge in [0.15, 0.2) is 0 Å². The number of hydrogen-bond donors (Lipinski definition) is 6. The van der Waals surface area contributed by atoms with Gasteiger partial charge in [0, 0.05) is 48.8 Å². The first kappa shape index (κ1) is 30.5. The van der Waals surface area contributed by atoms with Crippen molar-refractivity contribution in [3.63, 3.8) is 0 Å². The van der Waals surface area contributed by atoms with Gasteiger partial charge in [-0.2, -0.15) is 0 Å². The number of pyridine rings is 1. The molecule has 6 N–H and O–H groups in total. The summed E-state index contributed by atoms with van der Waals surface area (Å²) in [5, 5.41) is 37.1. The van der Waals surface area contributed by atoms with E-state index in [-0.39, 0.29) is 48.3 Å². The number of phenolic OH excluding ortho intramolecular Hbond substituents is 1. The minimum atomic E-state index is -1.11. The highest BCUT2D eigenvalue weighted by atomic mass is 16.4. The van der Waals surface area contributed by atoms with E-state index >= 15 is 0 Å². The Bertz CT molecular complexity index is 1710. The number of carbonyl (C=O) groups is 3. The average Bonchev–Trinajstić information content (AvgIpc) is 3.00. The summed E-state index contributed by atoms with van der Waals surface area (Å²) < 4.78 is 0. The van der Waals surface area contributed by atoms with Gasteiger partial charge in [-0.05, 0) is 66.9 Å². The molecule has 1 fully saturated rings. The normalized spacial score (nSPS) is 14.5. The van der Waals surface area contributed by atoms with Crippen LogP contribution in [0.2, 0.25) is 0 Å². The summed E-state index contributed by atoms with van der Waals surface area (Å²) in [6, 6.07) is 21.2. The number of carboxylic acids is 1. The monoisotopic (exact) mass is 598 g/mol. The third kappa shape index (κ3) is 6.34. The number of likely N-dealkylation sites (tertiary alicyclic amines) is 1. The van der Waals surface area contributed by atoms with Gasteiger partial charge in [0.1, 0.15) is 11.2 Å². The molecule has 228 valence electrons. The Morgan fingerprint density at radius 2 is 1.57 bits per heavy atom. The van der Waals surface area contributed by atoms with Crippen molar-refractivity contribution in [2.75, 3.05) is 32.7 Å². The number of aromatic amines is 1. The van der Waals surface area contributed by atoms with E-state index in [1.165, 1.54) is 17.0 Å². The van der Waals surface area contributed by atoms with Gasteiger partial charge in [-0.1, -0.05) is 36.4 Å². The number of nitrogens with zero attached hydrogens (tertiary/aromatic N) is 1. The number of amides is 2. The molecule has 0 spiro atoms. The quantitative estimate of drug-likeness (QED) is 0.135. The molecule has 0 bridgehead atoms. The molecule has 1 aromatic heterocycles. The van der Waals surface area contributed by atoms with Gasteiger partial charge in [-0.25, -0.2) is 0 Å². The van der Waals surface area contributed by atoms with E-state index in [9.17, 15) is 34.5 Å². The van der Waals surface area contributed by atoms with Crippen LogP contribution in [0.25, 0.3) is 10.9 Å². The maximum atomic E-state index is 12.9. The summed E-state index contributed by atoms with van der Waals surface area (Å²) in [7, 11) is 0. The molecule has 1 saturated heterocycles. The zero-order valence-corrected chi connectivity index (χ0v) is 24.0. The van der Waals surface area contributed by atoms with Crippen molar-refractivity contribution in [3.05, 3.63) is 111 Å². The summed E-state index contributed by atoms with van der Waals surface area (Å²) in [6.45, 7) is 1.50. The van der Waals surface area contributed by atoms with Crippen molar-refractivity contribution < 1.29 is 29.7 Å². The van der Waals surface area contributed by atoms with E-state index in [4.69, 9.17) is 0 Å². The Kier molecular flexibility index (Phi) is 9.07. The van der Waals surface area contributed by atoms with Gasteiger partial charge in [-0.3, -0.25) is 19.2 Å². The Hall–Kier alpha value is -5.00. The van der Waals surface area contributed by atoms with Crippen LogP contribution in [-0.4, -0.2) is 75.7 Å². The number of hydrogen-bond acceptors (Lipinski definition) is 7. The molecule has 2 amide bonds. The second-order valence-electron chi connectivity index (χ2n) is 11.0. The largest absolute Gasteiger partial charge is 0.506 e. The van der Waals surface area contributed by atoms with Gasteiger partial charge < -0.3 is 35.8 Å². The van der Waals surface area contributed by atoms with Crippen LogP contribution >= 0.6 is 0 Å². The molecule has 11 heteroatoms. The number of carboxylic acid groups (broad SMARTS) is 1. The van der Waals surface area contributed by atoms with Crippen molar-refractivity contribution in [1.82, 2.24) is 20.5 Å². The molecule has 0 aliphatic carbocycles. The topological polar surface area (TPSA) is 172 Å². The van der Waals surface area contributed by atoms with Crippen LogP contribution in [0, 0.1) is 0 Å². The molecule has 11 nitrogen and oxygen atoms in total. The zero-order valence-electron chi connectivity index (χ0n) is 24.0. The summed E-state index contributed by atoms with van der Waals surface area (Å²) in [5.41, 5.74) is 0.886. The van der Waals surface area contributed by atoms with Gasteiger partial charge in [0.05, 0.1) is 11.6 Å². The van der Waals surface area contributed by atoms with Gasteiger partial charge in [0.2, 0.25) is 5.56 Å². The minimum Gasteiger partial charge on any atom is -0.506 e. The predicted octanol–water partition coefficient (Wildman–Crippen LogP) is 2.55. The number of aromatic hydroxyl groups is 1. The van der Waals surface area contributed by atoms with Gasteiger partial charge in [0.25, 0.3) is 11.8 Å². The predicted molar refractivity (Wildman–Crippen MR) is 164 cm³/mol. The Morgan fingerprint density at radius 1 is 0.886 bits per heavy atom. The smallest absolute Gasteiger partial charge is 0.317 e. The van der Waals surface area contributed by atoms with E-state index in [0.29, 0.717) is 47.2 Å². The number of rotatable bonds is 12. The molecule has 44 heavy (non-hydrogen) atoms. The van der Waals surface area contributed by atoms with Crippen molar-refractivity contribution >= 4 is 28.7 Å². The van der Waals surface area contributed by atoms with E-state index in [2.05, 4.69) is 15.6 Å². The van der Waals surface area contributed by atoms with E-state index in [1.807, 2.05) is 6.07 Å². The van der Waals surface area contributed by atoms with Crippen LogP contribution in [-0.2, 0) is 10.2 Å². The molecular weight excluding hydrogens is 564 g/mol. The Balaban J connectivity index is 1.02. The second kappa shape index (κ2) is 13.1. The lowest BCUT2D eigenvalue weighted by Gasteiger charge is -2.47. The number of aliphatic hydroxyl groups excluding tert-OH is 1. The first-order chi connectivity index (χ1) is 21.2. The highest BCUT2D eigenvalue weighted by molar-refractivity contribution is 5.99. The molecule has 0 unspecified atom stereocenters. The Labute approximate surface area is 253 Å². The van der Waals surface area contributed by atoms with Crippen molar-refractivity contribution in [2.45, 2.75) is 24.4 Å². The maximum Gasteiger partial charge on any atom is 0.317 e.